The SMILES string of the molecule is CCCCCCCSC(C)(C)CCC. The second-order valence-electron chi connectivity index (χ2n) is 4.77. The van der Waals surface area contributed by atoms with Crippen LogP contribution < -0.4 is 0 Å². The van der Waals surface area contributed by atoms with Crippen molar-refractivity contribution in [3.05, 3.63) is 0 Å². The molecule has 0 amide bonds. The van der Waals surface area contributed by atoms with Crippen molar-refractivity contribution in [2.75, 3.05) is 5.75 Å². The van der Waals surface area contributed by atoms with Crippen LogP contribution in [0.25, 0.3) is 0 Å². The van der Waals surface area contributed by atoms with Gasteiger partial charge in [0.05, 0.1) is 0 Å². The lowest BCUT2D eigenvalue weighted by Gasteiger charge is -2.23. The van der Waals surface area contributed by atoms with Crippen molar-refractivity contribution in [1.29, 1.82) is 0 Å². The fourth-order valence-electron chi connectivity index (χ4n) is 1.73. The zero-order valence-corrected chi connectivity index (χ0v) is 11.4. The van der Waals surface area contributed by atoms with Gasteiger partial charge in [0.25, 0.3) is 0 Å². The first-order valence-corrected chi connectivity index (χ1v) is 7.25. The van der Waals surface area contributed by atoms with Crippen molar-refractivity contribution in [3.63, 3.8) is 0 Å². The zero-order valence-electron chi connectivity index (χ0n) is 10.6. The van der Waals surface area contributed by atoms with E-state index in [2.05, 4.69) is 39.5 Å². The Morgan fingerprint density at radius 3 is 2.07 bits per heavy atom. The summed E-state index contributed by atoms with van der Waals surface area (Å²) in [5.74, 6) is 1.36. The summed E-state index contributed by atoms with van der Waals surface area (Å²) in [6.45, 7) is 9.32. The summed E-state index contributed by atoms with van der Waals surface area (Å²) in [5, 5.41) is 0. The van der Waals surface area contributed by atoms with Crippen molar-refractivity contribution in [2.24, 2.45) is 0 Å². The summed E-state index contributed by atoms with van der Waals surface area (Å²) in [5.41, 5.74) is 0. The molecule has 0 atom stereocenters. The van der Waals surface area contributed by atoms with Gasteiger partial charge in [0, 0.05) is 4.75 Å². The summed E-state index contributed by atoms with van der Waals surface area (Å²) in [6.07, 6.45) is 9.73. The molecule has 0 heterocycles. The number of unbranched alkanes of at least 4 members (excludes halogenated alkanes) is 4. The van der Waals surface area contributed by atoms with Gasteiger partial charge in [0.1, 0.15) is 0 Å². The van der Waals surface area contributed by atoms with Crippen molar-refractivity contribution in [3.8, 4) is 0 Å². The maximum absolute atomic E-state index is 2.38. The Morgan fingerprint density at radius 2 is 1.50 bits per heavy atom. The largest absolute Gasteiger partial charge is 0.156 e. The summed E-state index contributed by atoms with van der Waals surface area (Å²) in [7, 11) is 0. The molecular formula is C13H28S. The minimum absolute atomic E-state index is 0.513. The Hall–Kier alpha value is 0.350. The van der Waals surface area contributed by atoms with Crippen LogP contribution in [-0.4, -0.2) is 10.5 Å². The van der Waals surface area contributed by atoms with Crippen molar-refractivity contribution >= 4 is 11.8 Å². The Bertz CT molecular complexity index is 118. The predicted octanol–water partition coefficient (Wildman–Crippen LogP) is 5.27. The zero-order chi connectivity index (χ0) is 10.9. The van der Waals surface area contributed by atoms with Crippen LogP contribution in [0.15, 0.2) is 0 Å². The lowest BCUT2D eigenvalue weighted by atomic mass is 10.1. The molecule has 0 aromatic carbocycles. The van der Waals surface area contributed by atoms with E-state index in [9.17, 15) is 0 Å². The molecule has 0 nitrogen and oxygen atoms in total. The highest BCUT2D eigenvalue weighted by Gasteiger charge is 2.15. The molecule has 0 aromatic heterocycles. The molecule has 14 heavy (non-hydrogen) atoms. The van der Waals surface area contributed by atoms with Crippen LogP contribution in [0, 0.1) is 0 Å². The van der Waals surface area contributed by atoms with Crippen LogP contribution in [0.4, 0.5) is 0 Å². The molecule has 0 aliphatic rings. The van der Waals surface area contributed by atoms with Gasteiger partial charge in [0.15, 0.2) is 0 Å². The summed E-state index contributed by atoms with van der Waals surface area (Å²) in [6, 6.07) is 0. The van der Waals surface area contributed by atoms with E-state index in [0.29, 0.717) is 4.75 Å². The minimum atomic E-state index is 0.513. The van der Waals surface area contributed by atoms with E-state index in [1.807, 2.05) is 0 Å². The Kier molecular flexibility index (Phi) is 8.86. The van der Waals surface area contributed by atoms with Gasteiger partial charge in [0.2, 0.25) is 0 Å². The maximum atomic E-state index is 2.38. The van der Waals surface area contributed by atoms with Gasteiger partial charge >= 0.3 is 0 Å². The Balaban J connectivity index is 3.26. The molecule has 0 fully saturated rings. The lowest BCUT2D eigenvalue weighted by molar-refractivity contribution is 0.621. The molecule has 0 saturated heterocycles. The fourth-order valence-corrected chi connectivity index (χ4v) is 2.98. The second kappa shape index (κ2) is 8.64. The van der Waals surface area contributed by atoms with E-state index in [-0.39, 0.29) is 0 Å². The van der Waals surface area contributed by atoms with Gasteiger partial charge in [-0.2, -0.15) is 11.8 Å². The Morgan fingerprint density at radius 1 is 0.857 bits per heavy atom. The molecule has 0 N–H and O–H groups in total. The molecule has 0 spiro atoms. The highest BCUT2D eigenvalue weighted by atomic mass is 32.2. The van der Waals surface area contributed by atoms with E-state index in [0.717, 1.165) is 0 Å². The van der Waals surface area contributed by atoms with E-state index in [1.54, 1.807) is 0 Å². The molecule has 0 unspecified atom stereocenters. The number of hydrogen-bond donors (Lipinski definition) is 0. The first kappa shape index (κ1) is 14.3. The first-order chi connectivity index (χ1) is 6.62. The van der Waals surface area contributed by atoms with Gasteiger partial charge in [-0.1, -0.05) is 59.8 Å². The van der Waals surface area contributed by atoms with Gasteiger partial charge in [-0.3, -0.25) is 0 Å². The fraction of sp³-hybridized carbons (Fsp3) is 1.00. The predicted molar refractivity (Wildman–Crippen MR) is 70.2 cm³/mol. The molecule has 0 rings (SSSR count). The van der Waals surface area contributed by atoms with Crippen molar-refractivity contribution in [1.82, 2.24) is 0 Å². The quantitative estimate of drug-likeness (QED) is 0.473. The topological polar surface area (TPSA) is 0 Å². The van der Waals surface area contributed by atoms with Crippen LogP contribution in [0.2, 0.25) is 0 Å². The first-order valence-electron chi connectivity index (χ1n) is 6.26. The van der Waals surface area contributed by atoms with E-state index < -0.39 is 0 Å². The molecule has 0 aromatic rings. The molecule has 0 bridgehead atoms. The molecule has 0 aliphatic heterocycles. The van der Waals surface area contributed by atoms with E-state index >= 15 is 0 Å². The normalized spacial score (nSPS) is 12.0. The van der Waals surface area contributed by atoms with Crippen LogP contribution >= 0.6 is 11.8 Å². The summed E-state index contributed by atoms with van der Waals surface area (Å²) in [4.78, 5) is 0. The monoisotopic (exact) mass is 216 g/mol. The highest BCUT2D eigenvalue weighted by Crippen LogP contribution is 2.30. The number of rotatable bonds is 9. The average molecular weight is 216 g/mol. The third-order valence-electron chi connectivity index (χ3n) is 2.59. The van der Waals surface area contributed by atoms with Gasteiger partial charge in [-0.15, -0.1) is 0 Å². The Labute approximate surface area is 95.2 Å². The van der Waals surface area contributed by atoms with Crippen molar-refractivity contribution in [2.45, 2.75) is 77.4 Å². The smallest absolute Gasteiger partial charge is 0.0103 e. The second-order valence-corrected chi connectivity index (χ2v) is 6.57. The highest BCUT2D eigenvalue weighted by molar-refractivity contribution is 8.00. The van der Waals surface area contributed by atoms with Gasteiger partial charge in [-0.05, 0) is 18.6 Å². The molecule has 1 heteroatoms. The molecule has 0 saturated carbocycles. The number of thioether (sulfide) groups is 1. The number of hydrogen-bond acceptors (Lipinski definition) is 1. The van der Waals surface area contributed by atoms with E-state index in [4.69, 9.17) is 0 Å². The van der Waals surface area contributed by atoms with Crippen LogP contribution in [0.5, 0.6) is 0 Å². The maximum Gasteiger partial charge on any atom is 0.0103 e. The molecule has 0 radical (unpaired) electrons. The minimum Gasteiger partial charge on any atom is -0.156 e. The van der Waals surface area contributed by atoms with Crippen LogP contribution in [-0.2, 0) is 0 Å². The van der Waals surface area contributed by atoms with Crippen LogP contribution in [0.1, 0.15) is 72.6 Å². The van der Waals surface area contributed by atoms with E-state index in [1.165, 1.54) is 50.7 Å². The lowest BCUT2D eigenvalue weighted by Crippen LogP contribution is -2.14. The molecule has 0 aliphatic carbocycles. The van der Waals surface area contributed by atoms with Gasteiger partial charge < -0.3 is 0 Å². The van der Waals surface area contributed by atoms with Gasteiger partial charge in [-0.25, -0.2) is 0 Å². The van der Waals surface area contributed by atoms with Crippen LogP contribution in [0.3, 0.4) is 0 Å². The standard InChI is InChI=1S/C13H28S/c1-5-7-8-9-10-12-14-13(3,4)11-6-2/h5-12H2,1-4H3. The molecule has 86 valence electrons. The average Bonchev–Trinajstić information content (AvgIpc) is 2.11. The third kappa shape index (κ3) is 8.93. The third-order valence-corrected chi connectivity index (χ3v) is 4.07. The summed E-state index contributed by atoms with van der Waals surface area (Å²) < 4.78 is 0.513. The summed E-state index contributed by atoms with van der Waals surface area (Å²) >= 11 is 2.16. The van der Waals surface area contributed by atoms with Crippen molar-refractivity contribution < 1.29 is 0 Å². The molecular weight excluding hydrogens is 188 g/mol.